The number of furan rings is 1. The first-order valence-electron chi connectivity index (χ1n) is 8.32. The molecule has 0 bridgehead atoms. The molecular formula is C19H23N3O4. The molecule has 7 heteroatoms. The molecule has 0 fully saturated rings. The summed E-state index contributed by atoms with van der Waals surface area (Å²) in [6, 6.07) is 9.42. The van der Waals surface area contributed by atoms with E-state index in [0.29, 0.717) is 22.6 Å². The first kappa shape index (κ1) is 19.2. The molecule has 2 rings (SSSR count). The maximum absolute atomic E-state index is 12.4. The SMILES string of the molecule is Cc1cc(C(=O)NNC(=O)C(NC(=O)c2ccccc2)C(C)C)c(C)o1. The van der Waals surface area contributed by atoms with Crippen LogP contribution in [0.2, 0.25) is 0 Å². The number of nitrogens with one attached hydrogen (secondary N) is 3. The maximum Gasteiger partial charge on any atom is 0.273 e. The van der Waals surface area contributed by atoms with Crippen LogP contribution < -0.4 is 16.2 Å². The zero-order chi connectivity index (χ0) is 19.3. The average molecular weight is 357 g/mol. The lowest BCUT2D eigenvalue weighted by Crippen LogP contribution is -2.54. The van der Waals surface area contributed by atoms with Crippen LogP contribution in [0.15, 0.2) is 40.8 Å². The monoisotopic (exact) mass is 357 g/mol. The number of rotatable bonds is 5. The molecule has 2 aromatic rings. The van der Waals surface area contributed by atoms with Crippen LogP contribution in [0.1, 0.15) is 46.1 Å². The van der Waals surface area contributed by atoms with Crippen LogP contribution in [0, 0.1) is 19.8 Å². The Hall–Kier alpha value is -3.09. The summed E-state index contributed by atoms with van der Waals surface area (Å²) >= 11 is 0. The van der Waals surface area contributed by atoms with Gasteiger partial charge in [0.05, 0.1) is 5.56 Å². The predicted octanol–water partition coefficient (Wildman–Crippen LogP) is 2.11. The van der Waals surface area contributed by atoms with Crippen LogP contribution in [-0.4, -0.2) is 23.8 Å². The lowest BCUT2D eigenvalue weighted by atomic mass is 10.0. The lowest BCUT2D eigenvalue weighted by Gasteiger charge is -2.21. The van der Waals surface area contributed by atoms with Gasteiger partial charge in [-0.25, -0.2) is 0 Å². The van der Waals surface area contributed by atoms with Crippen molar-refractivity contribution in [3.63, 3.8) is 0 Å². The topological polar surface area (TPSA) is 100 Å². The van der Waals surface area contributed by atoms with Gasteiger partial charge in [0, 0.05) is 5.56 Å². The number of carbonyl (C=O) groups is 3. The summed E-state index contributed by atoms with van der Waals surface area (Å²) < 4.78 is 5.30. The molecular weight excluding hydrogens is 334 g/mol. The molecule has 0 saturated carbocycles. The number of amides is 3. The Labute approximate surface area is 152 Å². The summed E-state index contributed by atoms with van der Waals surface area (Å²) in [5, 5.41) is 2.69. The number of hydrazine groups is 1. The fraction of sp³-hybridized carbons (Fsp3) is 0.316. The standard InChI is InChI=1S/C19H23N3O4/c1-11(2)16(20-17(23)14-8-6-5-7-9-14)19(25)22-21-18(24)15-10-12(3)26-13(15)4/h5-11,16H,1-4H3,(H,20,23)(H,21,24)(H,22,25). The van der Waals surface area contributed by atoms with Gasteiger partial charge in [-0.05, 0) is 38.0 Å². The van der Waals surface area contributed by atoms with E-state index in [1.807, 2.05) is 0 Å². The summed E-state index contributed by atoms with van der Waals surface area (Å²) in [5.74, 6) is -0.439. The Bertz CT molecular complexity index is 796. The van der Waals surface area contributed by atoms with E-state index in [-0.39, 0.29) is 11.8 Å². The molecule has 26 heavy (non-hydrogen) atoms. The van der Waals surface area contributed by atoms with Crippen LogP contribution in [0.4, 0.5) is 0 Å². The Morgan fingerprint density at radius 2 is 1.62 bits per heavy atom. The Balaban J connectivity index is 1.99. The molecule has 0 saturated heterocycles. The predicted molar refractivity (Wildman–Crippen MR) is 96.3 cm³/mol. The third kappa shape index (κ3) is 4.72. The highest BCUT2D eigenvalue weighted by Gasteiger charge is 2.25. The second-order valence-corrected chi connectivity index (χ2v) is 6.33. The summed E-state index contributed by atoms with van der Waals surface area (Å²) in [6.45, 7) is 7.01. The van der Waals surface area contributed by atoms with E-state index in [4.69, 9.17) is 4.42 Å². The van der Waals surface area contributed by atoms with Crippen LogP contribution >= 0.6 is 0 Å². The Morgan fingerprint density at radius 3 is 2.15 bits per heavy atom. The van der Waals surface area contributed by atoms with Gasteiger partial charge in [-0.15, -0.1) is 0 Å². The van der Waals surface area contributed by atoms with E-state index in [1.165, 1.54) is 0 Å². The highest BCUT2D eigenvalue weighted by Crippen LogP contribution is 2.13. The van der Waals surface area contributed by atoms with Gasteiger partial charge in [-0.3, -0.25) is 25.2 Å². The minimum atomic E-state index is -0.796. The normalized spacial score (nSPS) is 11.7. The highest BCUT2D eigenvalue weighted by atomic mass is 16.3. The van der Waals surface area contributed by atoms with Crippen molar-refractivity contribution in [2.75, 3.05) is 0 Å². The number of carbonyl (C=O) groups excluding carboxylic acids is 3. The molecule has 0 aliphatic rings. The van der Waals surface area contributed by atoms with E-state index >= 15 is 0 Å². The number of aryl methyl sites for hydroxylation is 2. The van der Waals surface area contributed by atoms with Crippen LogP contribution in [0.25, 0.3) is 0 Å². The molecule has 0 aliphatic heterocycles. The molecule has 1 aromatic heterocycles. The van der Waals surface area contributed by atoms with Crippen molar-refractivity contribution in [3.8, 4) is 0 Å². The molecule has 1 aromatic carbocycles. The Morgan fingerprint density at radius 1 is 0.962 bits per heavy atom. The van der Waals surface area contributed by atoms with E-state index < -0.39 is 17.9 Å². The first-order chi connectivity index (χ1) is 12.3. The van der Waals surface area contributed by atoms with Crippen LogP contribution in [-0.2, 0) is 4.79 Å². The summed E-state index contributed by atoms with van der Waals surface area (Å²) in [4.78, 5) is 36.8. The summed E-state index contributed by atoms with van der Waals surface area (Å²) in [7, 11) is 0. The molecule has 138 valence electrons. The maximum atomic E-state index is 12.4. The van der Waals surface area contributed by atoms with E-state index in [0.717, 1.165) is 0 Å². The summed E-state index contributed by atoms with van der Waals surface area (Å²) in [5.41, 5.74) is 5.51. The number of hydrogen-bond acceptors (Lipinski definition) is 4. The van der Waals surface area contributed by atoms with Crippen LogP contribution in [0.3, 0.4) is 0 Å². The van der Waals surface area contributed by atoms with Gasteiger partial charge in [0.1, 0.15) is 17.6 Å². The molecule has 3 amide bonds. The van der Waals surface area contributed by atoms with E-state index in [9.17, 15) is 14.4 Å². The third-order valence-corrected chi connectivity index (χ3v) is 3.86. The molecule has 0 aliphatic carbocycles. The van der Waals surface area contributed by atoms with Crippen molar-refractivity contribution in [3.05, 3.63) is 59.0 Å². The van der Waals surface area contributed by atoms with Gasteiger partial charge in [0.2, 0.25) is 0 Å². The van der Waals surface area contributed by atoms with Gasteiger partial charge in [-0.1, -0.05) is 32.0 Å². The Kier molecular flexibility index (Phi) is 6.16. The molecule has 7 nitrogen and oxygen atoms in total. The van der Waals surface area contributed by atoms with Gasteiger partial charge < -0.3 is 9.73 Å². The molecule has 0 spiro atoms. The minimum Gasteiger partial charge on any atom is -0.466 e. The second kappa shape index (κ2) is 8.33. The van der Waals surface area contributed by atoms with Gasteiger partial charge in [-0.2, -0.15) is 0 Å². The van der Waals surface area contributed by atoms with E-state index in [1.54, 1.807) is 64.1 Å². The van der Waals surface area contributed by atoms with Gasteiger partial charge >= 0.3 is 0 Å². The summed E-state index contributed by atoms with van der Waals surface area (Å²) in [6.07, 6.45) is 0. The zero-order valence-corrected chi connectivity index (χ0v) is 15.3. The van der Waals surface area contributed by atoms with Crippen LogP contribution in [0.5, 0.6) is 0 Å². The smallest absolute Gasteiger partial charge is 0.273 e. The molecule has 3 N–H and O–H groups in total. The molecule has 1 atom stereocenters. The fourth-order valence-corrected chi connectivity index (χ4v) is 2.47. The van der Waals surface area contributed by atoms with Gasteiger partial charge in [0.25, 0.3) is 17.7 Å². The van der Waals surface area contributed by atoms with E-state index in [2.05, 4.69) is 16.2 Å². The average Bonchev–Trinajstić information content (AvgIpc) is 2.95. The number of benzene rings is 1. The molecule has 0 radical (unpaired) electrons. The fourth-order valence-electron chi connectivity index (χ4n) is 2.47. The van der Waals surface area contributed by atoms with Crippen molar-refractivity contribution in [1.82, 2.24) is 16.2 Å². The third-order valence-electron chi connectivity index (χ3n) is 3.86. The lowest BCUT2D eigenvalue weighted by molar-refractivity contribution is -0.124. The van der Waals surface area contributed by atoms with Crippen molar-refractivity contribution >= 4 is 17.7 Å². The molecule has 1 unspecified atom stereocenters. The zero-order valence-electron chi connectivity index (χ0n) is 15.3. The molecule has 1 heterocycles. The van der Waals surface area contributed by atoms with Crippen molar-refractivity contribution in [2.24, 2.45) is 5.92 Å². The minimum absolute atomic E-state index is 0.169. The van der Waals surface area contributed by atoms with Crippen molar-refractivity contribution in [2.45, 2.75) is 33.7 Å². The van der Waals surface area contributed by atoms with Crippen molar-refractivity contribution in [1.29, 1.82) is 0 Å². The highest BCUT2D eigenvalue weighted by molar-refractivity contribution is 5.99. The first-order valence-corrected chi connectivity index (χ1v) is 8.32. The number of hydrogen-bond donors (Lipinski definition) is 3. The second-order valence-electron chi connectivity index (χ2n) is 6.33. The van der Waals surface area contributed by atoms with Crippen molar-refractivity contribution < 1.29 is 18.8 Å². The largest absolute Gasteiger partial charge is 0.466 e. The van der Waals surface area contributed by atoms with Gasteiger partial charge in [0.15, 0.2) is 0 Å². The quantitative estimate of drug-likeness (QED) is 0.714.